The lowest BCUT2D eigenvalue weighted by molar-refractivity contribution is 0.590. The van der Waals surface area contributed by atoms with Crippen molar-refractivity contribution < 1.29 is 8.78 Å². The van der Waals surface area contributed by atoms with Crippen molar-refractivity contribution in [3.05, 3.63) is 35.2 Å². The quantitative estimate of drug-likeness (QED) is 0.892. The molecule has 0 saturated carbocycles. The molecule has 0 saturated heterocycles. The van der Waals surface area contributed by atoms with Gasteiger partial charge in [-0.25, -0.2) is 13.8 Å². The Labute approximate surface area is 99.7 Å². The molecular weight excluding hydrogens is 246 g/mol. The summed E-state index contributed by atoms with van der Waals surface area (Å²) in [6.45, 7) is 1.67. The van der Waals surface area contributed by atoms with Crippen molar-refractivity contribution in [2.75, 3.05) is 5.32 Å². The molecule has 1 aromatic carbocycles. The number of nitriles is 1. The number of anilines is 2. The van der Waals surface area contributed by atoms with Crippen molar-refractivity contribution >= 4 is 22.4 Å². The van der Waals surface area contributed by atoms with Gasteiger partial charge in [0.15, 0.2) is 11.6 Å². The van der Waals surface area contributed by atoms with Gasteiger partial charge in [-0.2, -0.15) is 9.64 Å². The van der Waals surface area contributed by atoms with E-state index in [0.29, 0.717) is 11.0 Å². The maximum Gasteiger partial charge on any atom is 0.207 e. The fourth-order valence-electron chi connectivity index (χ4n) is 1.21. The van der Waals surface area contributed by atoms with Crippen LogP contribution in [0.5, 0.6) is 0 Å². The SMILES string of the molecule is Cc1nsc(Nc2c(F)cc(C#N)cc2F)n1. The molecule has 0 aliphatic heterocycles. The molecule has 4 nitrogen and oxygen atoms in total. The number of aryl methyl sites for hydroxylation is 1. The van der Waals surface area contributed by atoms with Crippen LogP contribution in [0.4, 0.5) is 19.6 Å². The lowest BCUT2D eigenvalue weighted by atomic mass is 10.2. The Morgan fingerprint density at radius 2 is 2.00 bits per heavy atom. The summed E-state index contributed by atoms with van der Waals surface area (Å²) in [5, 5.41) is 11.3. The molecule has 0 amide bonds. The number of rotatable bonds is 2. The molecule has 7 heteroatoms. The van der Waals surface area contributed by atoms with Crippen LogP contribution in [0.3, 0.4) is 0 Å². The number of aromatic nitrogens is 2. The Bertz CT molecular complexity index is 580. The predicted molar refractivity (Wildman–Crippen MR) is 59.0 cm³/mol. The molecule has 2 rings (SSSR count). The van der Waals surface area contributed by atoms with Gasteiger partial charge in [0, 0.05) is 11.5 Å². The molecule has 0 bridgehead atoms. The molecule has 1 aromatic heterocycles. The standard InChI is InChI=1S/C10H6F2N4S/c1-5-14-10(17-16-5)15-9-7(11)2-6(4-13)3-8(9)12/h2-3H,1H3,(H,14,15,16). The highest BCUT2D eigenvalue weighted by atomic mass is 32.1. The normalized spacial score (nSPS) is 10.0. The van der Waals surface area contributed by atoms with Crippen LogP contribution in [0.2, 0.25) is 0 Å². The van der Waals surface area contributed by atoms with Crippen LogP contribution < -0.4 is 5.32 Å². The van der Waals surface area contributed by atoms with E-state index in [1.807, 2.05) is 0 Å². The monoisotopic (exact) mass is 252 g/mol. The van der Waals surface area contributed by atoms with E-state index in [4.69, 9.17) is 5.26 Å². The van der Waals surface area contributed by atoms with E-state index < -0.39 is 11.6 Å². The second kappa shape index (κ2) is 4.43. The van der Waals surface area contributed by atoms with Crippen LogP contribution in [0.25, 0.3) is 0 Å². The largest absolute Gasteiger partial charge is 0.325 e. The molecule has 0 unspecified atom stereocenters. The third kappa shape index (κ3) is 2.37. The average molecular weight is 252 g/mol. The highest BCUT2D eigenvalue weighted by molar-refractivity contribution is 7.09. The van der Waals surface area contributed by atoms with E-state index in [1.54, 1.807) is 13.0 Å². The summed E-state index contributed by atoms with van der Waals surface area (Å²) in [4.78, 5) is 3.93. The highest BCUT2D eigenvalue weighted by Crippen LogP contribution is 2.25. The maximum absolute atomic E-state index is 13.5. The topological polar surface area (TPSA) is 61.6 Å². The molecule has 0 atom stereocenters. The van der Waals surface area contributed by atoms with E-state index in [0.717, 1.165) is 23.7 Å². The van der Waals surface area contributed by atoms with E-state index in [1.165, 1.54) is 0 Å². The summed E-state index contributed by atoms with van der Waals surface area (Å²) >= 11 is 1.00. The highest BCUT2D eigenvalue weighted by Gasteiger charge is 2.13. The third-order valence-electron chi connectivity index (χ3n) is 1.93. The molecule has 0 spiro atoms. The fourth-order valence-corrected chi connectivity index (χ4v) is 1.79. The van der Waals surface area contributed by atoms with Crippen LogP contribution in [0.15, 0.2) is 12.1 Å². The zero-order valence-electron chi connectivity index (χ0n) is 8.66. The van der Waals surface area contributed by atoms with Gasteiger partial charge in [0.1, 0.15) is 11.5 Å². The van der Waals surface area contributed by atoms with Crippen LogP contribution in [0.1, 0.15) is 11.4 Å². The van der Waals surface area contributed by atoms with Crippen molar-refractivity contribution in [2.24, 2.45) is 0 Å². The Balaban J connectivity index is 2.37. The van der Waals surface area contributed by atoms with Gasteiger partial charge in [-0.05, 0) is 19.1 Å². The number of nitrogens with zero attached hydrogens (tertiary/aromatic N) is 3. The second-order valence-electron chi connectivity index (χ2n) is 3.20. The molecule has 1 N–H and O–H groups in total. The summed E-state index contributed by atoms with van der Waals surface area (Å²) in [5.41, 5.74) is -0.404. The van der Waals surface area contributed by atoms with Gasteiger partial charge < -0.3 is 5.32 Å². The first-order valence-corrected chi connectivity index (χ1v) is 5.34. The Morgan fingerprint density at radius 1 is 1.35 bits per heavy atom. The van der Waals surface area contributed by atoms with E-state index >= 15 is 0 Å². The molecular formula is C10H6F2N4S. The second-order valence-corrected chi connectivity index (χ2v) is 3.95. The Hall–Kier alpha value is -2.07. The molecule has 0 aliphatic carbocycles. The minimum Gasteiger partial charge on any atom is -0.325 e. The summed E-state index contributed by atoms with van der Waals surface area (Å²) in [6, 6.07) is 3.59. The zero-order valence-corrected chi connectivity index (χ0v) is 9.48. The molecule has 2 aromatic rings. The van der Waals surface area contributed by atoms with E-state index in [-0.39, 0.29) is 11.3 Å². The van der Waals surface area contributed by atoms with Crippen molar-refractivity contribution in [2.45, 2.75) is 6.92 Å². The van der Waals surface area contributed by atoms with Crippen molar-refractivity contribution in [1.82, 2.24) is 9.36 Å². The van der Waals surface area contributed by atoms with Gasteiger partial charge in [0.2, 0.25) is 5.13 Å². The molecule has 0 aliphatic rings. The van der Waals surface area contributed by atoms with E-state index in [9.17, 15) is 8.78 Å². The Morgan fingerprint density at radius 3 is 2.47 bits per heavy atom. The van der Waals surface area contributed by atoms with E-state index in [2.05, 4.69) is 14.7 Å². The molecule has 86 valence electrons. The Kier molecular flexibility index (Phi) is 2.97. The van der Waals surface area contributed by atoms with Gasteiger partial charge in [0.25, 0.3) is 0 Å². The lowest BCUT2D eigenvalue weighted by Crippen LogP contribution is -1.98. The number of nitrogens with one attached hydrogen (secondary N) is 1. The van der Waals surface area contributed by atoms with Crippen molar-refractivity contribution in [1.29, 1.82) is 5.26 Å². The first-order valence-electron chi connectivity index (χ1n) is 4.56. The number of hydrogen-bond acceptors (Lipinski definition) is 5. The predicted octanol–water partition coefficient (Wildman–Crippen LogP) is 2.74. The first-order chi connectivity index (χ1) is 8.10. The van der Waals surface area contributed by atoms with Gasteiger partial charge in [-0.3, -0.25) is 0 Å². The first kappa shape index (κ1) is 11.4. The fraction of sp³-hybridized carbons (Fsp3) is 0.100. The molecule has 0 fully saturated rings. The van der Waals surface area contributed by atoms with Gasteiger partial charge >= 0.3 is 0 Å². The third-order valence-corrected chi connectivity index (χ3v) is 2.65. The molecule has 1 heterocycles. The van der Waals surface area contributed by atoms with Crippen LogP contribution in [0, 0.1) is 29.9 Å². The van der Waals surface area contributed by atoms with Crippen LogP contribution >= 0.6 is 11.5 Å². The molecule has 17 heavy (non-hydrogen) atoms. The zero-order chi connectivity index (χ0) is 12.4. The summed E-state index contributed by atoms with van der Waals surface area (Å²) in [7, 11) is 0. The average Bonchev–Trinajstić information content (AvgIpc) is 2.69. The summed E-state index contributed by atoms with van der Waals surface area (Å²) < 4.78 is 30.9. The number of hydrogen-bond donors (Lipinski definition) is 1. The summed E-state index contributed by atoms with van der Waals surface area (Å²) in [5.74, 6) is -1.16. The molecule has 0 radical (unpaired) electrons. The van der Waals surface area contributed by atoms with Gasteiger partial charge in [-0.15, -0.1) is 0 Å². The lowest BCUT2D eigenvalue weighted by Gasteiger charge is -2.05. The minimum absolute atomic E-state index is 0.0704. The maximum atomic E-state index is 13.5. The van der Waals surface area contributed by atoms with Crippen molar-refractivity contribution in [3.63, 3.8) is 0 Å². The van der Waals surface area contributed by atoms with Gasteiger partial charge in [0.05, 0.1) is 11.6 Å². The smallest absolute Gasteiger partial charge is 0.207 e. The van der Waals surface area contributed by atoms with Gasteiger partial charge in [-0.1, -0.05) is 0 Å². The number of benzene rings is 1. The summed E-state index contributed by atoms with van der Waals surface area (Å²) in [6.07, 6.45) is 0. The van der Waals surface area contributed by atoms with Crippen LogP contribution in [-0.2, 0) is 0 Å². The minimum atomic E-state index is -0.839. The van der Waals surface area contributed by atoms with Crippen LogP contribution in [-0.4, -0.2) is 9.36 Å². The van der Waals surface area contributed by atoms with Crippen molar-refractivity contribution in [3.8, 4) is 6.07 Å². The number of halogens is 2.